The Morgan fingerprint density at radius 1 is 1.05 bits per heavy atom. The van der Waals surface area contributed by atoms with Crippen LogP contribution in [0.25, 0.3) is 0 Å². The Morgan fingerprint density at radius 2 is 1.74 bits per heavy atom. The molecule has 1 aliphatic rings. The molecule has 0 saturated heterocycles. The van der Waals surface area contributed by atoms with Crippen LogP contribution in [0.1, 0.15) is 21.5 Å². The van der Waals surface area contributed by atoms with Crippen LogP contribution in [0, 0.1) is 0 Å². The molecule has 1 aliphatic heterocycles. The lowest BCUT2D eigenvalue weighted by Gasteiger charge is -2.18. The van der Waals surface area contributed by atoms with Crippen LogP contribution >= 0.6 is 15.9 Å². The summed E-state index contributed by atoms with van der Waals surface area (Å²) in [5, 5.41) is 10.7. The monoisotopic (exact) mass is 316 g/mol. The second-order valence-electron chi connectivity index (χ2n) is 4.60. The zero-order valence-electron chi connectivity index (χ0n) is 10.1. The van der Waals surface area contributed by atoms with Gasteiger partial charge in [-0.1, -0.05) is 34.1 Å². The van der Waals surface area contributed by atoms with Gasteiger partial charge in [-0.25, -0.2) is 0 Å². The number of fused-ring (bicyclic) bond motifs is 1. The second-order valence-corrected chi connectivity index (χ2v) is 5.52. The van der Waals surface area contributed by atoms with Gasteiger partial charge in [-0.3, -0.25) is 0 Å². The van der Waals surface area contributed by atoms with Crippen molar-refractivity contribution in [2.45, 2.75) is 13.1 Å². The molecule has 3 nitrogen and oxygen atoms in total. The quantitative estimate of drug-likeness (QED) is 0.854. The average molecular weight is 317 g/mol. The molecule has 0 atom stereocenters. The summed E-state index contributed by atoms with van der Waals surface area (Å²) in [5.41, 5.74) is 3.85. The maximum absolute atomic E-state index is 10.7. The zero-order valence-corrected chi connectivity index (χ0v) is 11.7. The minimum Gasteiger partial charge on any atom is -0.545 e. The van der Waals surface area contributed by atoms with Crippen LogP contribution in [0.3, 0.4) is 0 Å². The normalized spacial score (nSPS) is 13.4. The Bertz CT molecular complexity index is 637. The largest absolute Gasteiger partial charge is 0.545 e. The lowest BCUT2D eigenvalue weighted by Crippen LogP contribution is -2.22. The fourth-order valence-corrected chi connectivity index (χ4v) is 2.76. The highest BCUT2D eigenvalue weighted by molar-refractivity contribution is 9.10. The zero-order chi connectivity index (χ0) is 13.4. The van der Waals surface area contributed by atoms with Gasteiger partial charge in [0.2, 0.25) is 0 Å². The average Bonchev–Trinajstić information content (AvgIpc) is 2.81. The number of carboxylic acid groups (broad SMARTS) is 1. The lowest BCUT2D eigenvalue weighted by molar-refractivity contribution is -0.255. The van der Waals surface area contributed by atoms with Gasteiger partial charge in [-0.15, -0.1) is 0 Å². The number of carboxylic acids is 1. The fourth-order valence-electron chi connectivity index (χ4n) is 2.35. The third-order valence-electron chi connectivity index (χ3n) is 3.36. The summed E-state index contributed by atoms with van der Waals surface area (Å²) in [4.78, 5) is 12.9. The number of hydrogen-bond donors (Lipinski definition) is 0. The Labute approximate surface area is 119 Å². The van der Waals surface area contributed by atoms with E-state index in [4.69, 9.17) is 0 Å². The predicted molar refractivity (Wildman–Crippen MR) is 74.8 cm³/mol. The number of anilines is 1. The van der Waals surface area contributed by atoms with Gasteiger partial charge < -0.3 is 14.8 Å². The number of aromatic carboxylic acids is 1. The lowest BCUT2D eigenvalue weighted by atomic mass is 10.1. The Hall–Kier alpha value is -1.81. The van der Waals surface area contributed by atoms with Crippen molar-refractivity contribution in [2.24, 2.45) is 0 Å². The number of halogens is 1. The van der Waals surface area contributed by atoms with Gasteiger partial charge >= 0.3 is 0 Å². The van der Waals surface area contributed by atoms with E-state index >= 15 is 0 Å². The minimum atomic E-state index is -1.14. The number of benzene rings is 2. The van der Waals surface area contributed by atoms with Crippen molar-refractivity contribution < 1.29 is 9.90 Å². The standard InChI is InChI=1S/C15H12BrNO2/c16-13-4-1-11-8-17(9-12(11)7-13)14-5-2-10(3-6-14)15(18)19/h1-7H,8-9H2,(H,18,19)/p-1. The van der Waals surface area contributed by atoms with E-state index in [0.717, 1.165) is 23.2 Å². The molecule has 0 N–H and O–H groups in total. The number of rotatable bonds is 2. The summed E-state index contributed by atoms with van der Waals surface area (Å²) in [6, 6.07) is 13.1. The van der Waals surface area contributed by atoms with E-state index in [1.54, 1.807) is 12.1 Å². The molecule has 1 heterocycles. The molecule has 0 aliphatic carbocycles. The van der Waals surface area contributed by atoms with Crippen molar-refractivity contribution in [3.8, 4) is 0 Å². The van der Waals surface area contributed by atoms with Gasteiger partial charge in [0.1, 0.15) is 0 Å². The van der Waals surface area contributed by atoms with Gasteiger partial charge in [-0.2, -0.15) is 0 Å². The highest BCUT2D eigenvalue weighted by Crippen LogP contribution is 2.30. The van der Waals surface area contributed by atoms with Crippen molar-refractivity contribution in [2.75, 3.05) is 4.90 Å². The topological polar surface area (TPSA) is 43.4 Å². The van der Waals surface area contributed by atoms with Crippen LogP contribution in [0.5, 0.6) is 0 Å². The van der Waals surface area contributed by atoms with Crippen molar-refractivity contribution in [3.05, 3.63) is 63.6 Å². The number of carbonyl (C=O) groups excluding carboxylic acids is 1. The van der Waals surface area contributed by atoms with Crippen LogP contribution in [-0.4, -0.2) is 5.97 Å². The molecule has 19 heavy (non-hydrogen) atoms. The molecule has 0 bridgehead atoms. The van der Waals surface area contributed by atoms with E-state index < -0.39 is 5.97 Å². The van der Waals surface area contributed by atoms with Crippen LogP contribution in [-0.2, 0) is 13.1 Å². The molecule has 3 rings (SSSR count). The summed E-state index contributed by atoms with van der Waals surface area (Å²) in [6.45, 7) is 1.70. The Kier molecular flexibility index (Phi) is 3.03. The summed E-state index contributed by atoms with van der Waals surface area (Å²) in [6.07, 6.45) is 0. The maximum atomic E-state index is 10.7. The third-order valence-corrected chi connectivity index (χ3v) is 3.85. The van der Waals surface area contributed by atoms with Crippen LogP contribution in [0.4, 0.5) is 5.69 Å². The van der Waals surface area contributed by atoms with Crippen LogP contribution in [0.2, 0.25) is 0 Å². The summed E-state index contributed by atoms with van der Waals surface area (Å²) >= 11 is 3.48. The van der Waals surface area contributed by atoms with Crippen molar-refractivity contribution in [1.82, 2.24) is 0 Å². The first kappa shape index (κ1) is 12.2. The van der Waals surface area contributed by atoms with Crippen molar-refractivity contribution in [3.63, 3.8) is 0 Å². The maximum Gasteiger partial charge on any atom is 0.0715 e. The minimum absolute atomic E-state index is 0.211. The van der Waals surface area contributed by atoms with E-state index in [0.29, 0.717) is 0 Å². The van der Waals surface area contributed by atoms with Crippen molar-refractivity contribution >= 4 is 27.6 Å². The highest BCUT2D eigenvalue weighted by Gasteiger charge is 2.19. The molecule has 0 spiro atoms. The molecular formula is C15H11BrNO2-. The SMILES string of the molecule is O=C([O-])c1ccc(N2Cc3ccc(Br)cc3C2)cc1. The van der Waals surface area contributed by atoms with Gasteiger partial charge in [0.05, 0.1) is 5.97 Å². The third kappa shape index (κ3) is 2.36. The molecule has 96 valence electrons. The molecule has 0 fully saturated rings. The van der Waals surface area contributed by atoms with Gasteiger partial charge in [0.15, 0.2) is 0 Å². The molecular weight excluding hydrogens is 306 g/mol. The molecule has 2 aromatic rings. The van der Waals surface area contributed by atoms with Gasteiger partial charge in [0.25, 0.3) is 0 Å². The van der Waals surface area contributed by atoms with E-state index in [2.05, 4.69) is 33.0 Å². The first-order valence-electron chi connectivity index (χ1n) is 5.97. The first-order valence-corrected chi connectivity index (χ1v) is 6.76. The molecule has 0 radical (unpaired) electrons. The Balaban J connectivity index is 1.84. The number of hydrogen-bond acceptors (Lipinski definition) is 3. The fraction of sp³-hybridized carbons (Fsp3) is 0.133. The van der Waals surface area contributed by atoms with Gasteiger partial charge in [0, 0.05) is 23.2 Å². The summed E-state index contributed by atoms with van der Waals surface area (Å²) in [5.74, 6) is -1.14. The highest BCUT2D eigenvalue weighted by atomic mass is 79.9. The Morgan fingerprint density at radius 3 is 2.42 bits per heavy atom. The van der Waals surface area contributed by atoms with E-state index in [9.17, 15) is 9.90 Å². The molecule has 0 saturated carbocycles. The van der Waals surface area contributed by atoms with Crippen molar-refractivity contribution in [1.29, 1.82) is 0 Å². The van der Waals surface area contributed by atoms with Crippen LogP contribution < -0.4 is 10.0 Å². The van der Waals surface area contributed by atoms with E-state index in [1.807, 2.05) is 18.2 Å². The molecule has 4 heteroatoms. The summed E-state index contributed by atoms with van der Waals surface area (Å²) in [7, 11) is 0. The molecule has 0 amide bonds. The van der Waals surface area contributed by atoms with Gasteiger partial charge in [-0.05, 0) is 41.0 Å². The molecule has 0 unspecified atom stereocenters. The van der Waals surface area contributed by atoms with E-state index in [1.165, 1.54) is 11.1 Å². The second kappa shape index (κ2) is 4.70. The van der Waals surface area contributed by atoms with Crippen LogP contribution in [0.15, 0.2) is 46.9 Å². The predicted octanol–water partition coefficient (Wildman–Crippen LogP) is 2.33. The molecule has 2 aromatic carbocycles. The number of nitrogens with zero attached hydrogens (tertiary/aromatic N) is 1. The summed E-state index contributed by atoms with van der Waals surface area (Å²) < 4.78 is 1.08. The van der Waals surface area contributed by atoms with E-state index in [-0.39, 0.29) is 5.56 Å². The smallest absolute Gasteiger partial charge is 0.0715 e. The molecule has 0 aromatic heterocycles. The number of carbonyl (C=O) groups is 1. The first-order chi connectivity index (χ1) is 9.13.